The second-order valence-electron chi connectivity index (χ2n) is 17.2. The standard InChI is InChI=1S/C54H61N3OSi/c1-7-8-39-50-55-41-48(57(50)54(45-33-21-12-22-34-45,46-35-23-13-24-36-46)47-37-25-14-26-38-47)40-49(51(52(2,3)4)58-59(5)6)56-53(42-27-15-9-16-28-42,43-29-17-10-18-30-43)44-31-19-11-20-32-44/h9-38,41,49,51,56,59H,7-8,39-40H2,1-6H3/t49?,51-/m1/s1. The van der Waals surface area contributed by atoms with E-state index in [0.29, 0.717) is 6.42 Å². The van der Waals surface area contributed by atoms with Crippen LogP contribution in [0.25, 0.3) is 0 Å². The van der Waals surface area contributed by atoms with Gasteiger partial charge in [0.2, 0.25) is 0 Å². The van der Waals surface area contributed by atoms with Gasteiger partial charge in [0.15, 0.2) is 9.04 Å². The summed E-state index contributed by atoms with van der Waals surface area (Å²) in [6.45, 7) is 13.9. The van der Waals surface area contributed by atoms with Gasteiger partial charge in [-0.05, 0) is 58.3 Å². The van der Waals surface area contributed by atoms with Crippen molar-refractivity contribution in [1.82, 2.24) is 14.9 Å². The molecule has 302 valence electrons. The van der Waals surface area contributed by atoms with E-state index in [2.05, 4.69) is 239 Å². The largest absolute Gasteiger partial charge is 0.416 e. The van der Waals surface area contributed by atoms with Crippen LogP contribution in [0, 0.1) is 5.41 Å². The summed E-state index contributed by atoms with van der Waals surface area (Å²) in [7, 11) is -1.55. The minimum atomic E-state index is -1.55. The van der Waals surface area contributed by atoms with E-state index in [1.807, 2.05) is 0 Å². The van der Waals surface area contributed by atoms with Crippen LogP contribution in [0.1, 0.15) is 85.4 Å². The van der Waals surface area contributed by atoms with E-state index in [4.69, 9.17) is 9.41 Å². The molecule has 1 unspecified atom stereocenters. The maximum atomic E-state index is 7.30. The van der Waals surface area contributed by atoms with Crippen LogP contribution in [0.4, 0.5) is 0 Å². The number of aryl methyl sites for hydroxylation is 1. The Balaban J connectivity index is 1.54. The molecule has 0 aliphatic rings. The van der Waals surface area contributed by atoms with Crippen LogP contribution in [0.3, 0.4) is 0 Å². The van der Waals surface area contributed by atoms with Crippen molar-refractivity contribution in [3.05, 3.63) is 233 Å². The summed E-state index contributed by atoms with van der Waals surface area (Å²) < 4.78 is 9.91. The number of aromatic nitrogens is 2. The summed E-state index contributed by atoms with van der Waals surface area (Å²) in [6.07, 6.45) is 5.69. The van der Waals surface area contributed by atoms with Crippen LogP contribution in [0.2, 0.25) is 13.1 Å². The SMILES string of the molecule is CCCCc1ncc(CC(NC(c2ccccc2)(c2ccccc2)c2ccccc2)[C@@H](O[SiH](C)C)C(C)(C)C)n1C(c1ccccc1)(c1ccccc1)c1ccccc1. The third kappa shape index (κ3) is 8.70. The highest BCUT2D eigenvalue weighted by atomic mass is 28.3. The first-order valence-electron chi connectivity index (χ1n) is 21.5. The molecule has 0 fully saturated rings. The molecule has 5 heteroatoms. The van der Waals surface area contributed by atoms with E-state index in [1.165, 1.54) is 33.4 Å². The fourth-order valence-electron chi connectivity index (χ4n) is 9.17. The first-order valence-corrected chi connectivity index (χ1v) is 24.3. The molecule has 0 saturated carbocycles. The second-order valence-corrected chi connectivity index (χ2v) is 19.6. The van der Waals surface area contributed by atoms with E-state index in [1.54, 1.807) is 0 Å². The maximum Gasteiger partial charge on any atom is 0.171 e. The lowest BCUT2D eigenvalue weighted by Gasteiger charge is -2.46. The third-order valence-corrected chi connectivity index (χ3v) is 12.5. The lowest BCUT2D eigenvalue weighted by Crippen LogP contribution is -2.58. The number of unbranched alkanes of at least 4 members (excludes halogenated alkanes) is 1. The van der Waals surface area contributed by atoms with Gasteiger partial charge in [-0.3, -0.25) is 5.32 Å². The van der Waals surface area contributed by atoms with Gasteiger partial charge in [0.25, 0.3) is 0 Å². The molecule has 0 radical (unpaired) electrons. The summed E-state index contributed by atoms with van der Waals surface area (Å²) in [5.74, 6) is 1.09. The van der Waals surface area contributed by atoms with Crippen LogP contribution in [0.5, 0.6) is 0 Å². The molecule has 1 N–H and O–H groups in total. The first-order chi connectivity index (χ1) is 28.7. The Morgan fingerprint density at radius 3 is 1.29 bits per heavy atom. The minimum absolute atomic E-state index is 0.133. The molecule has 6 aromatic carbocycles. The summed E-state index contributed by atoms with van der Waals surface area (Å²) in [4.78, 5) is 5.41. The van der Waals surface area contributed by atoms with Gasteiger partial charge in [-0.15, -0.1) is 0 Å². The minimum Gasteiger partial charge on any atom is -0.416 e. The lowest BCUT2D eigenvalue weighted by molar-refractivity contribution is 0.0421. The number of hydrogen-bond donors (Lipinski definition) is 1. The zero-order valence-corrected chi connectivity index (χ0v) is 36.9. The van der Waals surface area contributed by atoms with Crippen molar-refractivity contribution in [2.45, 2.75) is 89.7 Å². The number of nitrogens with one attached hydrogen (secondary N) is 1. The van der Waals surface area contributed by atoms with Crippen molar-refractivity contribution in [3.8, 4) is 0 Å². The Kier molecular flexibility index (Phi) is 13.3. The zero-order valence-electron chi connectivity index (χ0n) is 35.8. The van der Waals surface area contributed by atoms with Gasteiger partial charge in [0.1, 0.15) is 11.4 Å². The number of hydrogen-bond acceptors (Lipinski definition) is 3. The van der Waals surface area contributed by atoms with E-state index in [9.17, 15) is 0 Å². The molecule has 0 saturated heterocycles. The summed E-state index contributed by atoms with van der Waals surface area (Å²) in [5, 5.41) is 4.48. The molecule has 0 aliphatic carbocycles. The van der Waals surface area contributed by atoms with Crippen LogP contribution < -0.4 is 5.32 Å². The number of rotatable bonds is 17. The van der Waals surface area contributed by atoms with E-state index >= 15 is 0 Å². The summed E-state index contributed by atoms with van der Waals surface area (Å²) in [6, 6.07) is 65.9. The average molecular weight is 796 g/mol. The Labute approximate surface area is 355 Å². The molecule has 59 heavy (non-hydrogen) atoms. The first kappa shape index (κ1) is 41.8. The number of imidazole rings is 1. The molecule has 7 rings (SSSR count). The Hall–Kier alpha value is -5.33. The van der Waals surface area contributed by atoms with Crippen LogP contribution >= 0.6 is 0 Å². The molecule has 0 amide bonds. The van der Waals surface area contributed by atoms with Crippen molar-refractivity contribution in [1.29, 1.82) is 0 Å². The average Bonchev–Trinajstić information content (AvgIpc) is 3.67. The molecular weight excluding hydrogens is 735 g/mol. The van der Waals surface area contributed by atoms with Crippen molar-refractivity contribution in [2.24, 2.45) is 5.41 Å². The fraction of sp³-hybridized carbons (Fsp3) is 0.278. The van der Waals surface area contributed by atoms with Gasteiger partial charge >= 0.3 is 0 Å². The highest BCUT2D eigenvalue weighted by Crippen LogP contribution is 2.44. The van der Waals surface area contributed by atoms with Crippen LogP contribution in [0.15, 0.2) is 188 Å². The van der Waals surface area contributed by atoms with E-state index < -0.39 is 20.1 Å². The smallest absolute Gasteiger partial charge is 0.171 e. The van der Waals surface area contributed by atoms with Gasteiger partial charge in [-0.1, -0.05) is 216 Å². The highest BCUT2D eigenvalue weighted by Gasteiger charge is 2.46. The molecule has 7 aromatic rings. The maximum absolute atomic E-state index is 7.30. The molecule has 1 heterocycles. The molecule has 0 spiro atoms. The lowest BCUT2D eigenvalue weighted by atomic mass is 9.74. The molecule has 1 aromatic heterocycles. The number of benzene rings is 6. The van der Waals surface area contributed by atoms with Gasteiger partial charge in [0, 0.05) is 30.8 Å². The van der Waals surface area contributed by atoms with Gasteiger partial charge in [0.05, 0.1) is 11.6 Å². The van der Waals surface area contributed by atoms with Crippen LogP contribution in [-0.2, 0) is 28.3 Å². The van der Waals surface area contributed by atoms with Gasteiger partial charge < -0.3 is 8.99 Å². The molecular formula is C54H61N3OSi. The normalized spacial score (nSPS) is 13.3. The fourth-order valence-corrected chi connectivity index (χ4v) is 10.4. The van der Waals surface area contributed by atoms with Crippen molar-refractivity contribution in [2.75, 3.05) is 0 Å². The monoisotopic (exact) mass is 795 g/mol. The van der Waals surface area contributed by atoms with Gasteiger partial charge in [-0.25, -0.2) is 4.98 Å². The molecule has 0 aliphatic heterocycles. The van der Waals surface area contributed by atoms with Crippen molar-refractivity contribution < 1.29 is 4.43 Å². The van der Waals surface area contributed by atoms with Crippen LogP contribution in [-0.4, -0.2) is 30.7 Å². The van der Waals surface area contributed by atoms with Crippen molar-refractivity contribution in [3.63, 3.8) is 0 Å². The second kappa shape index (κ2) is 18.7. The Bertz CT molecular complexity index is 2110. The Morgan fingerprint density at radius 1 is 0.576 bits per heavy atom. The quantitative estimate of drug-likeness (QED) is 0.0737. The molecule has 0 bridgehead atoms. The van der Waals surface area contributed by atoms with E-state index in [-0.39, 0.29) is 17.6 Å². The van der Waals surface area contributed by atoms with Gasteiger partial charge in [-0.2, -0.15) is 0 Å². The highest BCUT2D eigenvalue weighted by molar-refractivity contribution is 6.48. The summed E-state index contributed by atoms with van der Waals surface area (Å²) >= 11 is 0. The molecule has 2 atom stereocenters. The predicted octanol–water partition coefficient (Wildman–Crippen LogP) is 12.0. The predicted molar refractivity (Wildman–Crippen MR) is 248 cm³/mol. The topological polar surface area (TPSA) is 39.1 Å². The van der Waals surface area contributed by atoms with Crippen molar-refractivity contribution >= 4 is 9.04 Å². The van der Waals surface area contributed by atoms with E-state index in [0.717, 1.165) is 30.8 Å². The molecule has 4 nitrogen and oxygen atoms in total. The zero-order chi connectivity index (χ0) is 41.3. The third-order valence-electron chi connectivity index (χ3n) is 11.7. The Morgan fingerprint density at radius 2 is 0.949 bits per heavy atom. The number of nitrogens with zero attached hydrogens (tertiary/aromatic N) is 2. The summed E-state index contributed by atoms with van der Waals surface area (Å²) in [5.41, 5.74) is 6.70.